The first kappa shape index (κ1) is 17.4. The van der Waals surface area contributed by atoms with Gasteiger partial charge in [0.15, 0.2) is 11.5 Å². The molecule has 27 heavy (non-hydrogen) atoms. The fourth-order valence-corrected chi connectivity index (χ4v) is 3.99. The summed E-state index contributed by atoms with van der Waals surface area (Å²) in [5.74, 6) is 0.868. The van der Waals surface area contributed by atoms with Gasteiger partial charge in [-0.2, -0.15) is 0 Å². The predicted molar refractivity (Wildman–Crippen MR) is 103 cm³/mol. The van der Waals surface area contributed by atoms with Crippen molar-refractivity contribution in [1.29, 1.82) is 0 Å². The van der Waals surface area contributed by atoms with Crippen molar-refractivity contribution in [2.45, 2.75) is 25.7 Å². The lowest BCUT2D eigenvalue weighted by Gasteiger charge is -2.35. The Balaban J connectivity index is 1.67. The zero-order valence-electron chi connectivity index (χ0n) is 15.5. The Labute approximate surface area is 158 Å². The van der Waals surface area contributed by atoms with Gasteiger partial charge in [0.2, 0.25) is 5.91 Å². The molecule has 0 unspecified atom stereocenters. The average molecular weight is 366 g/mol. The fourth-order valence-electron chi connectivity index (χ4n) is 3.99. The highest BCUT2D eigenvalue weighted by molar-refractivity contribution is 6.07. The molecule has 0 bridgehead atoms. The molecule has 4 rings (SSSR count). The molecule has 0 aliphatic carbocycles. The number of methoxy groups -OCH3 is 2. The van der Waals surface area contributed by atoms with Crippen molar-refractivity contribution < 1.29 is 19.1 Å². The first-order chi connectivity index (χ1) is 13.1. The number of rotatable bonds is 4. The molecular formula is C21H22N2O4. The molecule has 2 aromatic carbocycles. The summed E-state index contributed by atoms with van der Waals surface area (Å²) >= 11 is 0. The van der Waals surface area contributed by atoms with E-state index in [0.717, 1.165) is 41.9 Å². The number of anilines is 2. The number of carbonyl (C=O) groups is 2. The summed E-state index contributed by atoms with van der Waals surface area (Å²) in [6.07, 6.45) is 3.09. The summed E-state index contributed by atoms with van der Waals surface area (Å²) in [5.41, 5.74) is 4.46. The first-order valence-corrected chi connectivity index (χ1v) is 9.11. The minimum atomic E-state index is -0.252. The number of amides is 2. The van der Waals surface area contributed by atoms with Crippen molar-refractivity contribution in [3.8, 4) is 11.5 Å². The molecule has 6 heteroatoms. The molecule has 2 aliphatic rings. The van der Waals surface area contributed by atoms with E-state index in [2.05, 4.69) is 5.32 Å². The molecule has 0 saturated carbocycles. The summed E-state index contributed by atoms with van der Waals surface area (Å²) in [5, 5.41) is 2.98. The molecule has 2 heterocycles. The number of hydrogen-bond acceptors (Lipinski definition) is 4. The maximum Gasteiger partial charge on any atom is 0.259 e. The third-order valence-corrected chi connectivity index (χ3v) is 5.18. The summed E-state index contributed by atoms with van der Waals surface area (Å²) in [6, 6.07) is 9.18. The molecule has 0 fully saturated rings. The average Bonchev–Trinajstić information content (AvgIpc) is 2.69. The van der Waals surface area contributed by atoms with Crippen LogP contribution in [0.1, 0.15) is 34.3 Å². The summed E-state index contributed by atoms with van der Waals surface area (Å²) in [7, 11) is 3.06. The molecule has 2 aliphatic heterocycles. The van der Waals surface area contributed by atoms with Gasteiger partial charge >= 0.3 is 0 Å². The molecule has 140 valence electrons. The van der Waals surface area contributed by atoms with Crippen LogP contribution in [-0.2, 0) is 17.6 Å². The van der Waals surface area contributed by atoms with Crippen LogP contribution in [0.5, 0.6) is 11.5 Å². The number of benzene rings is 2. The van der Waals surface area contributed by atoms with E-state index in [-0.39, 0.29) is 11.8 Å². The Kier molecular flexibility index (Phi) is 4.48. The number of hydrogen-bond donors (Lipinski definition) is 1. The monoisotopic (exact) mass is 366 g/mol. The van der Waals surface area contributed by atoms with Gasteiger partial charge < -0.3 is 19.7 Å². The Bertz CT molecular complexity index is 905. The van der Waals surface area contributed by atoms with E-state index < -0.39 is 0 Å². The summed E-state index contributed by atoms with van der Waals surface area (Å²) < 4.78 is 10.6. The zero-order chi connectivity index (χ0) is 19.0. The quantitative estimate of drug-likeness (QED) is 0.902. The molecule has 2 aromatic rings. The van der Waals surface area contributed by atoms with Gasteiger partial charge in [-0.15, -0.1) is 0 Å². The van der Waals surface area contributed by atoms with E-state index in [9.17, 15) is 9.59 Å². The van der Waals surface area contributed by atoms with E-state index in [1.807, 2.05) is 17.0 Å². The molecule has 0 spiro atoms. The van der Waals surface area contributed by atoms with Crippen LogP contribution in [0.2, 0.25) is 0 Å². The Morgan fingerprint density at radius 2 is 1.85 bits per heavy atom. The molecule has 6 nitrogen and oxygen atoms in total. The number of carbonyl (C=O) groups excluding carboxylic acids is 2. The van der Waals surface area contributed by atoms with Crippen molar-refractivity contribution in [2.75, 3.05) is 31.0 Å². The lowest BCUT2D eigenvalue weighted by molar-refractivity contribution is -0.119. The van der Waals surface area contributed by atoms with Gasteiger partial charge in [0.25, 0.3) is 5.91 Å². The zero-order valence-corrected chi connectivity index (χ0v) is 15.5. The van der Waals surface area contributed by atoms with Crippen molar-refractivity contribution in [3.63, 3.8) is 0 Å². The third-order valence-electron chi connectivity index (χ3n) is 5.18. The second kappa shape index (κ2) is 6.95. The Morgan fingerprint density at radius 3 is 2.59 bits per heavy atom. The van der Waals surface area contributed by atoms with Crippen molar-refractivity contribution in [1.82, 2.24) is 0 Å². The van der Waals surface area contributed by atoms with Gasteiger partial charge in [-0.3, -0.25) is 9.59 Å². The predicted octanol–water partition coefficient (Wildman–Crippen LogP) is 3.18. The van der Waals surface area contributed by atoms with Gasteiger partial charge in [0.05, 0.1) is 25.5 Å². The van der Waals surface area contributed by atoms with E-state index in [1.54, 1.807) is 25.3 Å². The standard InChI is InChI=1S/C21H22N2O4/c1-26-17-7-3-6-16(20(17)27-2)21(25)22-15-11-13-5-4-10-23-18(24)9-8-14(12-15)19(13)23/h3,6-7,11-12H,4-5,8-10H2,1-2H3,(H,22,25). The maximum atomic E-state index is 12.8. The van der Waals surface area contributed by atoms with Crippen LogP contribution >= 0.6 is 0 Å². The van der Waals surface area contributed by atoms with Crippen LogP contribution in [0.15, 0.2) is 30.3 Å². The highest BCUT2D eigenvalue weighted by Gasteiger charge is 2.30. The highest BCUT2D eigenvalue weighted by Crippen LogP contribution is 2.38. The van der Waals surface area contributed by atoms with Gasteiger partial charge in [-0.25, -0.2) is 0 Å². The van der Waals surface area contributed by atoms with E-state index in [0.29, 0.717) is 29.9 Å². The molecular weight excluding hydrogens is 344 g/mol. The minimum Gasteiger partial charge on any atom is -0.493 e. The van der Waals surface area contributed by atoms with Gasteiger partial charge in [-0.05, 0) is 54.7 Å². The topological polar surface area (TPSA) is 67.9 Å². The lowest BCUT2D eigenvalue weighted by Crippen LogP contribution is -2.39. The maximum absolute atomic E-state index is 12.8. The molecule has 2 amide bonds. The van der Waals surface area contributed by atoms with Crippen LogP contribution in [0, 0.1) is 0 Å². The Morgan fingerprint density at radius 1 is 1.07 bits per heavy atom. The Hall–Kier alpha value is -3.02. The van der Waals surface area contributed by atoms with Gasteiger partial charge in [-0.1, -0.05) is 6.07 Å². The molecule has 0 saturated heterocycles. The van der Waals surface area contributed by atoms with Crippen LogP contribution in [0.3, 0.4) is 0 Å². The SMILES string of the molecule is COc1cccc(C(=O)Nc2cc3c4c(c2)CCC(=O)N4CCC3)c1OC. The van der Waals surface area contributed by atoms with Crippen molar-refractivity contribution in [3.05, 3.63) is 47.0 Å². The second-order valence-corrected chi connectivity index (χ2v) is 6.79. The van der Waals surface area contributed by atoms with E-state index in [1.165, 1.54) is 7.11 Å². The number of para-hydroxylation sites is 1. The lowest BCUT2D eigenvalue weighted by atomic mass is 9.91. The van der Waals surface area contributed by atoms with Crippen LogP contribution in [-0.4, -0.2) is 32.6 Å². The largest absolute Gasteiger partial charge is 0.493 e. The number of nitrogens with zero attached hydrogens (tertiary/aromatic N) is 1. The normalized spacial score (nSPS) is 15.2. The van der Waals surface area contributed by atoms with Crippen LogP contribution in [0.25, 0.3) is 0 Å². The smallest absolute Gasteiger partial charge is 0.259 e. The third kappa shape index (κ3) is 3.01. The molecule has 1 N–H and O–H groups in total. The number of aryl methyl sites for hydroxylation is 2. The van der Waals surface area contributed by atoms with Crippen LogP contribution in [0.4, 0.5) is 11.4 Å². The number of ether oxygens (including phenoxy) is 2. The van der Waals surface area contributed by atoms with Crippen LogP contribution < -0.4 is 19.7 Å². The van der Waals surface area contributed by atoms with Crippen molar-refractivity contribution >= 4 is 23.2 Å². The first-order valence-electron chi connectivity index (χ1n) is 9.11. The summed E-state index contributed by atoms with van der Waals surface area (Å²) in [6.45, 7) is 0.783. The van der Waals surface area contributed by atoms with Gasteiger partial charge in [0.1, 0.15) is 0 Å². The molecule has 0 aromatic heterocycles. The van der Waals surface area contributed by atoms with E-state index >= 15 is 0 Å². The molecule has 0 radical (unpaired) electrons. The summed E-state index contributed by atoms with van der Waals surface area (Å²) in [4.78, 5) is 26.9. The molecule has 0 atom stereocenters. The minimum absolute atomic E-state index is 0.196. The van der Waals surface area contributed by atoms with Crippen molar-refractivity contribution in [2.24, 2.45) is 0 Å². The highest BCUT2D eigenvalue weighted by atomic mass is 16.5. The van der Waals surface area contributed by atoms with E-state index in [4.69, 9.17) is 9.47 Å². The number of nitrogens with one attached hydrogen (secondary N) is 1. The second-order valence-electron chi connectivity index (χ2n) is 6.79. The van der Waals surface area contributed by atoms with Gasteiger partial charge in [0, 0.05) is 18.7 Å². The fraction of sp³-hybridized carbons (Fsp3) is 0.333.